The number of amides is 1. The fourth-order valence-corrected chi connectivity index (χ4v) is 3.85. The molecule has 0 unspecified atom stereocenters. The molecular formula is C19H25N3OS. The van der Waals surface area contributed by atoms with Gasteiger partial charge in [0.15, 0.2) is 5.13 Å². The third-order valence-corrected chi connectivity index (χ3v) is 5.30. The first-order valence-corrected chi connectivity index (χ1v) is 9.60. The fourth-order valence-electron chi connectivity index (χ4n) is 3.13. The highest BCUT2D eigenvalue weighted by Gasteiger charge is 2.15. The molecule has 1 aliphatic rings. The van der Waals surface area contributed by atoms with E-state index in [1.165, 1.54) is 36.2 Å². The normalized spacial score (nSPS) is 16.7. The summed E-state index contributed by atoms with van der Waals surface area (Å²) >= 11 is 1.52. The average Bonchev–Trinajstić information content (AvgIpc) is 3.03. The van der Waals surface area contributed by atoms with Crippen molar-refractivity contribution in [3.63, 3.8) is 0 Å². The Hall–Kier alpha value is -1.72. The molecule has 5 heteroatoms. The molecule has 0 saturated carbocycles. The van der Waals surface area contributed by atoms with Crippen LogP contribution in [0.1, 0.15) is 49.8 Å². The van der Waals surface area contributed by atoms with Crippen LogP contribution in [0, 0.1) is 0 Å². The van der Waals surface area contributed by atoms with Gasteiger partial charge in [-0.15, -0.1) is 11.3 Å². The maximum atomic E-state index is 12.2. The molecule has 1 fully saturated rings. The zero-order valence-corrected chi connectivity index (χ0v) is 15.0. The van der Waals surface area contributed by atoms with Gasteiger partial charge >= 0.3 is 0 Å². The lowest BCUT2D eigenvalue weighted by Gasteiger charge is -2.25. The van der Waals surface area contributed by atoms with Crippen LogP contribution >= 0.6 is 11.3 Å². The van der Waals surface area contributed by atoms with Gasteiger partial charge in [-0.05, 0) is 37.4 Å². The van der Waals surface area contributed by atoms with Gasteiger partial charge in [0, 0.05) is 18.3 Å². The molecule has 4 nitrogen and oxygen atoms in total. The Bertz CT molecular complexity index is 650. The van der Waals surface area contributed by atoms with Gasteiger partial charge in [0.2, 0.25) is 5.91 Å². The van der Waals surface area contributed by atoms with Gasteiger partial charge in [0.1, 0.15) is 0 Å². The summed E-state index contributed by atoms with van der Waals surface area (Å²) in [6, 6.07) is 10.2. The summed E-state index contributed by atoms with van der Waals surface area (Å²) < 4.78 is 0. The second kappa shape index (κ2) is 8.40. The second-order valence-electron chi connectivity index (χ2n) is 6.54. The topological polar surface area (TPSA) is 45.2 Å². The average molecular weight is 343 g/mol. The first kappa shape index (κ1) is 17.1. The van der Waals surface area contributed by atoms with Crippen LogP contribution in [0.4, 0.5) is 5.13 Å². The van der Waals surface area contributed by atoms with Crippen LogP contribution in [0.3, 0.4) is 0 Å². The summed E-state index contributed by atoms with van der Waals surface area (Å²) in [4.78, 5) is 19.3. The molecule has 0 bridgehead atoms. The number of hydrogen-bond donors (Lipinski definition) is 1. The molecule has 1 aromatic carbocycles. The van der Waals surface area contributed by atoms with E-state index in [9.17, 15) is 4.79 Å². The summed E-state index contributed by atoms with van der Waals surface area (Å²) in [5.74, 6) is 0.240. The number of aromatic nitrogens is 1. The lowest BCUT2D eigenvalue weighted by atomic mass is 9.98. The van der Waals surface area contributed by atoms with Gasteiger partial charge < -0.3 is 5.32 Å². The molecule has 1 N–H and O–H groups in total. The molecule has 2 aromatic rings. The Morgan fingerprint density at radius 1 is 1.25 bits per heavy atom. The first-order valence-electron chi connectivity index (χ1n) is 8.72. The van der Waals surface area contributed by atoms with Crippen molar-refractivity contribution in [2.24, 2.45) is 0 Å². The van der Waals surface area contributed by atoms with E-state index in [2.05, 4.69) is 39.6 Å². The third kappa shape index (κ3) is 4.89. The smallest absolute Gasteiger partial charge is 0.226 e. The predicted molar refractivity (Wildman–Crippen MR) is 99.3 cm³/mol. The molecule has 1 amide bonds. The highest BCUT2D eigenvalue weighted by atomic mass is 32.1. The van der Waals surface area contributed by atoms with Gasteiger partial charge in [0.05, 0.1) is 5.69 Å². The predicted octanol–water partition coefficient (Wildman–Crippen LogP) is 4.26. The van der Waals surface area contributed by atoms with E-state index in [0.717, 1.165) is 25.3 Å². The van der Waals surface area contributed by atoms with Crippen LogP contribution in [0.5, 0.6) is 0 Å². The molecule has 0 radical (unpaired) electrons. The Kier molecular flexibility index (Phi) is 5.99. The van der Waals surface area contributed by atoms with Crippen molar-refractivity contribution in [2.45, 2.75) is 45.1 Å². The molecular weight excluding hydrogens is 318 g/mol. The fraction of sp³-hybridized carbons (Fsp3) is 0.474. The molecule has 128 valence electrons. The van der Waals surface area contributed by atoms with Gasteiger partial charge in [-0.3, -0.25) is 9.69 Å². The number of benzene rings is 1. The van der Waals surface area contributed by atoms with E-state index >= 15 is 0 Å². The zero-order valence-electron chi connectivity index (χ0n) is 14.2. The SMILES string of the molecule is C[C@H](CC(=O)Nc1nc(CN2CCCCC2)cs1)c1ccccc1. The maximum Gasteiger partial charge on any atom is 0.226 e. The van der Waals surface area contributed by atoms with Crippen LogP contribution in [0.15, 0.2) is 35.7 Å². The summed E-state index contributed by atoms with van der Waals surface area (Å²) in [5, 5.41) is 5.73. The van der Waals surface area contributed by atoms with E-state index in [-0.39, 0.29) is 11.8 Å². The second-order valence-corrected chi connectivity index (χ2v) is 7.40. The molecule has 0 spiro atoms. The molecule has 24 heavy (non-hydrogen) atoms. The zero-order chi connectivity index (χ0) is 16.8. The molecule has 0 aliphatic carbocycles. The van der Waals surface area contributed by atoms with Gasteiger partial charge in [-0.2, -0.15) is 0 Å². The Balaban J connectivity index is 1.49. The molecule has 3 rings (SSSR count). The number of nitrogens with zero attached hydrogens (tertiary/aromatic N) is 2. The van der Waals surface area contributed by atoms with E-state index in [4.69, 9.17) is 0 Å². The molecule has 1 aromatic heterocycles. The summed E-state index contributed by atoms with van der Waals surface area (Å²) in [6.45, 7) is 5.30. The minimum absolute atomic E-state index is 0.0326. The van der Waals surface area contributed by atoms with Crippen molar-refractivity contribution < 1.29 is 4.79 Å². The lowest BCUT2D eigenvalue weighted by molar-refractivity contribution is -0.116. The number of nitrogens with one attached hydrogen (secondary N) is 1. The highest BCUT2D eigenvalue weighted by Crippen LogP contribution is 2.22. The summed E-state index contributed by atoms with van der Waals surface area (Å²) in [6.07, 6.45) is 4.38. The van der Waals surface area contributed by atoms with Crippen LogP contribution in [0.25, 0.3) is 0 Å². The van der Waals surface area contributed by atoms with Crippen molar-refractivity contribution in [1.82, 2.24) is 9.88 Å². The van der Waals surface area contributed by atoms with E-state index in [1.807, 2.05) is 18.2 Å². The van der Waals surface area contributed by atoms with Crippen molar-refractivity contribution in [2.75, 3.05) is 18.4 Å². The number of thiazole rings is 1. The number of piperidine rings is 1. The summed E-state index contributed by atoms with van der Waals surface area (Å²) in [7, 11) is 0. The minimum atomic E-state index is 0.0326. The van der Waals surface area contributed by atoms with Crippen LogP contribution in [0.2, 0.25) is 0 Å². The Morgan fingerprint density at radius 2 is 2.00 bits per heavy atom. The molecule has 1 atom stereocenters. The maximum absolute atomic E-state index is 12.2. The van der Waals surface area contributed by atoms with Crippen LogP contribution in [-0.2, 0) is 11.3 Å². The highest BCUT2D eigenvalue weighted by molar-refractivity contribution is 7.13. The number of hydrogen-bond acceptors (Lipinski definition) is 4. The number of carbonyl (C=O) groups is 1. The van der Waals surface area contributed by atoms with Crippen molar-refractivity contribution in [3.8, 4) is 0 Å². The van der Waals surface area contributed by atoms with E-state index < -0.39 is 0 Å². The lowest BCUT2D eigenvalue weighted by Crippen LogP contribution is -2.29. The number of carbonyl (C=O) groups excluding carboxylic acids is 1. The Morgan fingerprint density at radius 3 is 2.75 bits per heavy atom. The largest absolute Gasteiger partial charge is 0.302 e. The van der Waals surface area contributed by atoms with Crippen molar-refractivity contribution in [1.29, 1.82) is 0 Å². The number of anilines is 1. The van der Waals surface area contributed by atoms with Crippen molar-refractivity contribution in [3.05, 3.63) is 47.0 Å². The molecule has 2 heterocycles. The quantitative estimate of drug-likeness (QED) is 0.852. The van der Waals surface area contributed by atoms with E-state index in [1.54, 1.807) is 0 Å². The van der Waals surface area contributed by atoms with Gasteiger partial charge in [-0.1, -0.05) is 43.7 Å². The Labute approximate surface area is 147 Å². The monoisotopic (exact) mass is 343 g/mol. The van der Waals surface area contributed by atoms with Gasteiger partial charge in [-0.25, -0.2) is 4.98 Å². The molecule has 1 aliphatic heterocycles. The van der Waals surface area contributed by atoms with Gasteiger partial charge in [0.25, 0.3) is 0 Å². The van der Waals surface area contributed by atoms with Crippen LogP contribution < -0.4 is 5.32 Å². The number of likely N-dealkylation sites (tertiary alicyclic amines) is 1. The standard InChI is InChI=1S/C19H25N3OS/c1-15(16-8-4-2-5-9-16)12-18(23)21-19-20-17(14-24-19)13-22-10-6-3-7-11-22/h2,4-5,8-9,14-15H,3,6-7,10-13H2,1H3,(H,20,21,23)/t15-/m1/s1. The number of rotatable bonds is 6. The van der Waals surface area contributed by atoms with Crippen LogP contribution in [-0.4, -0.2) is 28.9 Å². The summed E-state index contributed by atoms with van der Waals surface area (Å²) in [5.41, 5.74) is 2.26. The molecule has 1 saturated heterocycles. The third-order valence-electron chi connectivity index (χ3n) is 4.49. The minimum Gasteiger partial charge on any atom is -0.302 e. The van der Waals surface area contributed by atoms with E-state index in [0.29, 0.717) is 11.6 Å². The first-order chi connectivity index (χ1) is 11.7. The van der Waals surface area contributed by atoms with Crippen molar-refractivity contribution >= 4 is 22.4 Å².